The second-order valence-electron chi connectivity index (χ2n) is 4.17. The minimum Gasteiger partial charge on any atom is -0.390 e. The van der Waals surface area contributed by atoms with E-state index in [4.69, 9.17) is 11.6 Å². The number of benzene rings is 1. The summed E-state index contributed by atoms with van der Waals surface area (Å²) < 4.78 is 0. The van der Waals surface area contributed by atoms with Crippen molar-refractivity contribution in [2.45, 2.75) is 37.4 Å². The van der Waals surface area contributed by atoms with Crippen molar-refractivity contribution in [2.75, 3.05) is 0 Å². The van der Waals surface area contributed by atoms with E-state index in [-0.39, 0.29) is 0 Å². The summed E-state index contributed by atoms with van der Waals surface area (Å²) in [4.78, 5) is 0. The van der Waals surface area contributed by atoms with Crippen LogP contribution in [-0.4, -0.2) is 16.3 Å². The molecule has 0 radical (unpaired) electrons. The zero-order chi connectivity index (χ0) is 10.9. The van der Waals surface area contributed by atoms with E-state index >= 15 is 0 Å². The lowest BCUT2D eigenvalue weighted by Gasteiger charge is -2.37. The van der Waals surface area contributed by atoms with Gasteiger partial charge in [0.2, 0.25) is 0 Å². The van der Waals surface area contributed by atoms with E-state index in [9.17, 15) is 10.2 Å². The third kappa shape index (κ3) is 1.89. The van der Waals surface area contributed by atoms with Crippen LogP contribution in [0.1, 0.15) is 31.2 Å². The Morgan fingerprint density at radius 3 is 2.67 bits per heavy atom. The molecule has 1 aliphatic carbocycles. The maximum Gasteiger partial charge on any atom is 0.117 e. The van der Waals surface area contributed by atoms with Gasteiger partial charge in [0.25, 0.3) is 0 Å². The summed E-state index contributed by atoms with van der Waals surface area (Å²) in [5.41, 5.74) is -0.504. The van der Waals surface area contributed by atoms with Gasteiger partial charge in [0.15, 0.2) is 0 Å². The van der Waals surface area contributed by atoms with Crippen molar-refractivity contribution in [3.63, 3.8) is 0 Å². The van der Waals surface area contributed by atoms with Crippen LogP contribution in [-0.2, 0) is 5.60 Å². The topological polar surface area (TPSA) is 40.5 Å². The minimum atomic E-state index is -1.16. The second kappa shape index (κ2) is 4.12. The Morgan fingerprint density at radius 2 is 2.00 bits per heavy atom. The molecule has 2 unspecified atom stereocenters. The average molecular weight is 227 g/mol. The summed E-state index contributed by atoms with van der Waals surface area (Å²) in [6.07, 6.45) is 2.41. The average Bonchev–Trinajstić information content (AvgIpc) is 2.23. The summed E-state index contributed by atoms with van der Waals surface area (Å²) >= 11 is 6.04. The van der Waals surface area contributed by atoms with Crippen LogP contribution in [0.2, 0.25) is 5.02 Å². The van der Waals surface area contributed by atoms with Gasteiger partial charge in [-0.15, -0.1) is 0 Å². The number of hydrogen-bond acceptors (Lipinski definition) is 2. The van der Waals surface area contributed by atoms with Crippen molar-refractivity contribution in [2.24, 2.45) is 0 Å². The van der Waals surface area contributed by atoms with Crippen LogP contribution < -0.4 is 0 Å². The predicted molar refractivity (Wildman–Crippen MR) is 59.8 cm³/mol. The Morgan fingerprint density at radius 1 is 1.27 bits per heavy atom. The fourth-order valence-electron chi connectivity index (χ4n) is 2.26. The van der Waals surface area contributed by atoms with Gasteiger partial charge < -0.3 is 10.2 Å². The van der Waals surface area contributed by atoms with Gasteiger partial charge in [-0.1, -0.05) is 42.6 Å². The predicted octanol–water partition coefficient (Wildman–Crippen LogP) is 2.46. The van der Waals surface area contributed by atoms with Crippen molar-refractivity contribution in [3.8, 4) is 0 Å². The van der Waals surface area contributed by atoms with Crippen LogP contribution in [0.4, 0.5) is 0 Å². The summed E-state index contributed by atoms with van der Waals surface area (Å²) in [6, 6.07) is 7.19. The van der Waals surface area contributed by atoms with Crippen LogP contribution in [0, 0.1) is 0 Å². The van der Waals surface area contributed by atoms with Crippen molar-refractivity contribution < 1.29 is 10.2 Å². The highest BCUT2D eigenvalue weighted by Crippen LogP contribution is 2.40. The molecule has 0 aliphatic heterocycles. The first-order valence-electron chi connectivity index (χ1n) is 5.30. The molecule has 1 saturated carbocycles. The van der Waals surface area contributed by atoms with Crippen molar-refractivity contribution in [1.29, 1.82) is 0 Å². The maximum atomic E-state index is 10.5. The number of rotatable bonds is 1. The van der Waals surface area contributed by atoms with E-state index in [1.54, 1.807) is 12.1 Å². The van der Waals surface area contributed by atoms with Gasteiger partial charge >= 0.3 is 0 Å². The number of hydrogen-bond donors (Lipinski definition) is 2. The zero-order valence-electron chi connectivity index (χ0n) is 8.49. The lowest BCUT2D eigenvalue weighted by molar-refractivity contribution is -0.105. The van der Waals surface area contributed by atoms with Gasteiger partial charge in [-0.25, -0.2) is 0 Å². The molecule has 1 aromatic rings. The van der Waals surface area contributed by atoms with Gasteiger partial charge in [-0.05, 0) is 18.9 Å². The Hall–Kier alpha value is -0.570. The summed E-state index contributed by atoms with van der Waals surface area (Å²) in [5.74, 6) is 0. The molecule has 0 saturated heterocycles. The molecule has 3 heteroatoms. The molecular weight excluding hydrogens is 212 g/mol. The lowest BCUT2D eigenvalue weighted by Crippen LogP contribution is -2.42. The molecule has 1 aromatic carbocycles. The lowest BCUT2D eigenvalue weighted by atomic mass is 9.77. The highest BCUT2D eigenvalue weighted by molar-refractivity contribution is 6.31. The molecule has 0 bridgehead atoms. The van der Waals surface area contributed by atoms with E-state index in [1.165, 1.54) is 0 Å². The third-order valence-corrected chi connectivity index (χ3v) is 3.51. The van der Waals surface area contributed by atoms with Crippen molar-refractivity contribution in [1.82, 2.24) is 0 Å². The summed E-state index contributed by atoms with van der Waals surface area (Å²) in [7, 11) is 0. The van der Waals surface area contributed by atoms with Gasteiger partial charge in [-0.3, -0.25) is 0 Å². The van der Waals surface area contributed by atoms with Gasteiger partial charge in [0.05, 0.1) is 6.10 Å². The summed E-state index contributed by atoms with van der Waals surface area (Å²) in [6.45, 7) is 0. The monoisotopic (exact) mass is 226 g/mol. The van der Waals surface area contributed by atoms with Gasteiger partial charge in [0.1, 0.15) is 5.60 Å². The molecule has 2 atom stereocenters. The smallest absolute Gasteiger partial charge is 0.117 e. The van der Waals surface area contributed by atoms with E-state index in [1.807, 2.05) is 12.1 Å². The first-order chi connectivity index (χ1) is 7.14. The highest BCUT2D eigenvalue weighted by Gasteiger charge is 2.40. The van der Waals surface area contributed by atoms with Crippen molar-refractivity contribution in [3.05, 3.63) is 34.9 Å². The second-order valence-corrected chi connectivity index (χ2v) is 4.57. The molecule has 0 heterocycles. The standard InChI is InChI=1S/C12H15ClO2/c13-10-6-2-1-5-9(10)12(15)8-4-3-7-11(12)14/h1-2,5-6,11,14-15H,3-4,7-8H2. The van der Waals surface area contributed by atoms with Crippen LogP contribution in [0.15, 0.2) is 24.3 Å². The number of aliphatic hydroxyl groups excluding tert-OH is 1. The van der Waals surface area contributed by atoms with Crippen LogP contribution >= 0.6 is 11.6 Å². The first-order valence-corrected chi connectivity index (χ1v) is 5.68. The zero-order valence-corrected chi connectivity index (χ0v) is 9.24. The quantitative estimate of drug-likeness (QED) is 0.773. The highest BCUT2D eigenvalue weighted by atomic mass is 35.5. The number of aliphatic hydroxyl groups is 2. The fourth-order valence-corrected chi connectivity index (χ4v) is 2.56. The summed E-state index contributed by atoms with van der Waals surface area (Å²) in [5, 5.41) is 20.9. The largest absolute Gasteiger partial charge is 0.390 e. The Balaban J connectivity index is 2.39. The number of halogens is 1. The molecule has 0 spiro atoms. The van der Waals surface area contributed by atoms with E-state index < -0.39 is 11.7 Å². The molecule has 1 aliphatic rings. The SMILES string of the molecule is OC1CCCCC1(O)c1ccccc1Cl. The fraction of sp³-hybridized carbons (Fsp3) is 0.500. The normalized spacial score (nSPS) is 31.5. The van der Waals surface area contributed by atoms with E-state index in [2.05, 4.69) is 0 Å². The third-order valence-electron chi connectivity index (χ3n) is 3.18. The van der Waals surface area contributed by atoms with E-state index in [0.717, 1.165) is 12.8 Å². The van der Waals surface area contributed by atoms with Crippen LogP contribution in [0.25, 0.3) is 0 Å². The van der Waals surface area contributed by atoms with Crippen LogP contribution in [0.5, 0.6) is 0 Å². The molecule has 2 nitrogen and oxygen atoms in total. The van der Waals surface area contributed by atoms with Gasteiger partial charge in [-0.2, -0.15) is 0 Å². The Kier molecular flexibility index (Phi) is 3.01. The Labute approximate surface area is 94.5 Å². The molecule has 1 fully saturated rings. The molecule has 15 heavy (non-hydrogen) atoms. The van der Waals surface area contributed by atoms with Crippen molar-refractivity contribution >= 4 is 11.6 Å². The molecule has 82 valence electrons. The first kappa shape index (κ1) is 10.9. The molecule has 0 amide bonds. The minimum absolute atomic E-state index is 0.529. The molecular formula is C12H15ClO2. The van der Waals surface area contributed by atoms with E-state index in [0.29, 0.717) is 23.4 Å². The molecule has 2 rings (SSSR count). The van der Waals surface area contributed by atoms with Gasteiger partial charge in [0, 0.05) is 10.6 Å². The van der Waals surface area contributed by atoms with Crippen LogP contribution in [0.3, 0.4) is 0 Å². The maximum absolute atomic E-state index is 10.5. The Bertz CT molecular complexity index is 353. The molecule has 0 aromatic heterocycles. The molecule has 2 N–H and O–H groups in total.